The van der Waals surface area contributed by atoms with Gasteiger partial charge in [-0.1, -0.05) is 0 Å². The SMILES string of the molecule is N[S@@](=O)C(F)(F)C(F)(F)C(F)(F)C(F)(F)F. The average Bonchev–Trinajstić information content (AvgIpc) is 2.00. The van der Waals surface area contributed by atoms with Crippen LogP contribution in [0.4, 0.5) is 39.5 Å². The zero-order chi connectivity index (χ0) is 13.6. The third-order valence-corrected chi connectivity index (χ3v) is 2.13. The van der Waals surface area contributed by atoms with Gasteiger partial charge in [0.25, 0.3) is 0 Å². The molecule has 0 aliphatic carbocycles. The van der Waals surface area contributed by atoms with Crippen LogP contribution in [0, 0.1) is 0 Å². The van der Waals surface area contributed by atoms with Gasteiger partial charge in [0.15, 0.2) is 11.0 Å². The lowest BCUT2D eigenvalue weighted by molar-refractivity contribution is -0.381. The number of halogens is 9. The molecule has 0 saturated carbocycles. The molecule has 1 atom stereocenters. The fourth-order valence-electron chi connectivity index (χ4n) is 0.487. The quantitative estimate of drug-likeness (QED) is 0.791. The van der Waals surface area contributed by atoms with Crippen molar-refractivity contribution in [2.75, 3.05) is 0 Å². The number of nitrogens with two attached hydrogens (primary N) is 1. The minimum atomic E-state index is -7.06. The first kappa shape index (κ1) is 15.5. The average molecular weight is 283 g/mol. The van der Waals surface area contributed by atoms with Crippen LogP contribution in [-0.2, 0) is 11.0 Å². The van der Waals surface area contributed by atoms with Gasteiger partial charge in [0.2, 0.25) is 0 Å². The number of hydrogen-bond donors (Lipinski definition) is 1. The third-order valence-electron chi connectivity index (χ3n) is 1.37. The molecule has 0 aliphatic rings. The van der Waals surface area contributed by atoms with E-state index in [0.717, 1.165) is 0 Å². The smallest absolute Gasteiger partial charge is 0.246 e. The molecule has 0 spiro atoms. The van der Waals surface area contributed by atoms with Crippen molar-refractivity contribution in [2.45, 2.75) is 23.3 Å². The summed E-state index contributed by atoms with van der Waals surface area (Å²) in [7, 11) is -4.39. The largest absolute Gasteiger partial charge is 0.460 e. The van der Waals surface area contributed by atoms with Gasteiger partial charge < -0.3 is 0 Å². The van der Waals surface area contributed by atoms with Crippen molar-refractivity contribution in [3.63, 3.8) is 0 Å². The van der Waals surface area contributed by atoms with Crippen LogP contribution in [0.3, 0.4) is 0 Å². The number of alkyl halides is 9. The van der Waals surface area contributed by atoms with Crippen LogP contribution in [-0.4, -0.2) is 27.5 Å². The summed E-state index contributed by atoms with van der Waals surface area (Å²) >= 11 is 0. The second-order valence-electron chi connectivity index (χ2n) is 2.46. The first-order chi connectivity index (χ1) is 6.69. The lowest BCUT2D eigenvalue weighted by atomic mass is 10.1. The molecule has 0 aromatic rings. The molecule has 0 rings (SSSR count). The topological polar surface area (TPSA) is 43.1 Å². The predicted molar refractivity (Wildman–Crippen MR) is 33.2 cm³/mol. The van der Waals surface area contributed by atoms with E-state index in [1.165, 1.54) is 0 Å². The Balaban J connectivity index is 5.62. The lowest BCUT2D eigenvalue weighted by Crippen LogP contribution is -2.63. The Morgan fingerprint density at radius 2 is 1.06 bits per heavy atom. The van der Waals surface area contributed by atoms with E-state index in [1.54, 1.807) is 0 Å². The molecule has 12 heteroatoms. The molecule has 0 amide bonds. The van der Waals surface area contributed by atoms with Crippen LogP contribution >= 0.6 is 0 Å². The van der Waals surface area contributed by atoms with Gasteiger partial charge in [0.1, 0.15) is 0 Å². The van der Waals surface area contributed by atoms with Gasteiger partial charge in [-0.3, -0.25) is 0 Å². The van der Waals surface area contributed by atoms with Crippen molar-refractivity contribution in [1.29, 1.82) is 0 Å². The van der Waals surface area contributed by atoms with Crippen LogP contribution in [0.15, 0.2) is 0 Å². The van der Waals surface area contributed by atoms with Crippen molar-refractivity contribution in [2.24, 2.45) is 5.14 Å². The number of hydrogen-bond acceptors (Lipinski definition) is 1. The third kappa shape index (κ3) is 1.99. The van der Waals surface area contributed by atoms with Crippen molar-refractivity contribution >= 4 is 11.0 Å². The first-order valence-corrected chi connectivity index (χ1v) is 4.27. The monoisotopic (exact) mass is 283 g/mol. The Bertz CT molecular complexity index is 296. The molecule has 0 unspecified atom stereocenters. The highest BCUT2D eigenvalue weighted by molar-refractivity contribution is 7.83. The van der Waals surface area contributed by atoms with Gasteiger partial charge in [-0.2, -0.15) is 39.5 Å². The molecule has 0 saturated heterocycles. The molecule has 98 valence electrons. The second-order valence-corrected chi connectivity index (χ2v) is 3.57. The molecule has 0 aromatic carbocycles. The van der Waals surface area contributed by atoms with Crippen LogP contribution in [0.2, 0.25) is 0 Å². The van der Waals surface area contributed by atoms with E-state index >= 15 is 0 Å². The first-order valence-electron chi connectivity index (χ1n) is 3.06. The molecule has 2 nitrogen and oxygen atoms in total. The van der Waals surface area contributed by atoms with Crippen LogP contribution < -0.4 is 5.14 Å². The summed E-state index contributed by atoms with van der Waals surface area (Å²) in [5.41, 5.74) is 0. The maximum Gasteiger partial charge on any atom is 0.460 e. The summed E-state index contributed by atoms with van der Waals surface area (Å²) in [4.78, 5) is 0. The van der Waals surface area contributed by atoms with Gasteiger partial charge in [-0.05, 0) is 0 Å². The molecular formula is C4H2F9NOS. The van der Waals surface area contributed by atoms with E-state index in [0.29, 0.717) is 0 Å². The fraction of sp³-hybridized carbons (Fsp3) is 1.00. The van der Waals surface area contributed by atoms with E-state index in [1.807, 2.05) is 0 Å². The molecule has 0 heterocycles. The van der Waals surface area contributed by atoms with Crippen molar-refractivity contribution in [3.8, 4) is 0 Å². The Kier molecular flexibility index (Phi) is 3.63. The summed E-state index contributed by atoms with van der Waals surface area (Å²) in [6, 6.07) is 0. The minimum Gasteiger partial charge on any atom is -0.246 e. The summed E-state index contributed by atoms with van der Waals surface area (Å²) in [5.74, 6) is -14.0. The number of rotatable bonds is 3. The maximum absolute atomic E-state index is 12.2. The van der Waals surface area contributed by atoms with Gasteiger partial charge in [-0.25, -0.2) is 9.35 Å². The zero-order valence-corrected chi connectivity index (χ0v) is 7.61. The molecule has 0 aliphatic heterocycles. The zero-order valence-electron chi connectivity index (χ0n) is 6.80. The van der Waals surface area contributed by atoms with E-state index in [4.69, 9.17) is 0 Å². The molecular weight excluding hydrogens is 281 g/mol. The standard InChI is InChI=1S/C4H2F9NOS/c5-1(6,3(9,10)11)2(7,8)4(12,13)16(14)15/h14H2/t16-/m0/s1. The van der Waals surface area contributed by atoms with Crippen molar-refractivity contribution in [3.05, 3.63) is 0 Å². The Morgan fingerprint density at radius 3 is 1.25 bits per heavy atom. The van der Waals surface area contributed by atoms with Gasteiger partial charge >= 0.3 is 23.3 Å². The Morgan fingerprint density at radius 1 is 0.750 bits per heavy atom. The molecule has 2 N–H and O–H groups in total. The normalized spacial score (nSPS) is 17.4. The highest BCUT2D eigenvalue weighted by Crippen LogP contribution is 2.53. The molecule has 0 radical (unpaired) electrons. The highest BCUT2D eigenvalue weighted by Gasteiger charge is 2.83. The van der Waals surface area contributed by atoms with Crippen LogP contribution in [0.25, 0.3) is 0 Å². The van der Waals surface area contributed by atoms with Crippen molar-refractivity contribution < 1.29 is 43.7 Å². The van der Waals surface area contributed by atoms with E-state index < -0.39 is 34.3 Å². The summed E-state index contributed by atoms with van der Waals surface area (Å²) in [6.07, 6.45) is -6.93. The highest BCUT2D eigenvalue weighted by atomic mass is 32.2. The summed E-state index contributed by atoms with van der Waals surface area (Å²) in [6.45, 7) is 0. The van der Waals surface area contributed by atoms with Crippen LogP contribution in [0.5, 0.6) is 0 Å². The van der Waals surface area contributed by atoms with Gasteiger partial charge in [0, 0.05) is 0 Å². The maximum atomic E-state index is 12.2. The van der Waals surface area contributed by atoms with Gasteiger partial charge in [-0.15, -0.1) is 0 Å². The minimum absolute atomic E-state index is 3.74. The lowest BCUT2D eigenvalue weighted by Gasteiger charge is -2.31. The van der Waals surface area contributed by atoms with Crippen molar-refractivity contribution in [1.82, 2.24) is 0 Å². The Labute approximate surface area is 84.2 Å². The Hall–Kier alpha value is -0.520. The molecule has 0 fully saturated rings. The molecule has 16 heavy (non-hydrogen) atoms. The summed E-state index contributed by atoms with van der Waals surface area (Å²) in [5, 5.41) is -2.48. The van der Waals surface area contributed by atoms with Gasteiger partial charge in [0.05, 0.1) is 0 Å². The van der Waals surface area contributed by atoms with E-state index in [-0.39, 0.29) is 0 Å². The van der Waals surface area contributed by atoms with E-state index in [9.17, 15) is 43.7 Å². The predicted octanol–water partition coefficient (Wildman–Crippen LogP) is 2.03. The fourth-order valence-corrected chi connectivity index (χ4v) is 0.868. The second kappa shape index (κ2) is 3.75. The molecule has 0 bridgehead atoms. The molecule has 0 aromatic heterocycles. The van der Waals surface area contributed by atoms with E-state index in [2.05, 4.69) is 5.14 Å². The van der Waals surface area contributed by atoms with Crippen LogP contribution in [0.1, 0.15) is 0 Å². The summed E-state index contributed by atoms with van der Waals surface area (Å²) < 4.78 is 117.